The van der Waals surface area contributed by atoms with Gasteiger partial charge in [0.25, 0.3) is 5.91 Å². The lowest BCUT2D eigenvalue weighted by atomic mass is 10.2. The van der Waals surface area contributed by atoms with Gasteiger partial charge in [-0.3, -0.25) is 9.78 Å². The number of hydrogen-bond donors (Lipinski definition) is 1. The fourth-order valence-corrected chi connectivity index (χ4v) is 1.97. The van der Waals surface area contributed by atoms with Crippen LogP contribution in [-0.4, -0.2) is 17.5 Å². The van der Waals surface area contributed by atoms with Crippen molar-refractivity contribution in [1.29, 1.82) is 0 Å². The summed E-state index contributed by atoms with van der Waals surface area (Å²) in [5.74, 6) is 0.521. The van der Waals surface area contributed by atoms with Crippen LogP contribution in [0, 0.1) is 0 Å². The van der Waals surface area contributed by atoms with Crippen molar-refractivity contribution in [2.45, 2.75) is 13.3 Å². The van der Waals surface area contributed by atoms with Gasteiger partial charge in [-0.25, -0.2) is 0 Å². The summed E-state index contributed by atoms with van der Waals surface area (Å²) in [6, 6.07) is 8.87. The van der Waals surface area contributed by atoms with Crippen molar-refractivity contribution in [2.75, 3.05) is 11.9 Å². The lowest BCUT2D eigenvalue weighted by Crippen LogP contribution is -2.12. The second-order valence-corrected chi connectivity index (χ2v) is 5.04. The molecule has 1 amide bonds. The van der Waals surface area contributed by atoms with E-state index >= 15 is 0 Å². The summed E-state index contributed by atoms with van der Waals surface area (Å²) in [5.41, 5.74) is 1.24. The molecule has 0 radical (unpaired) electrons. The number of hydrogen-bond acceptors (Lipinski definition) is 3. The summed E-state index contributed by atoms with van der Waals surface area (Å²) < 4.78 is 6.26. The molecule has 0 saturated carbocycles. The number of carbonyl (C=O) groups is 1. The average molecular weight is 335 g/mol. The van der Waals surface area contributed by atoms with Crippen molar-refractivity contribution in [3.8, 4) is 5.75 Å². The number of carbonyl (C=O) groups excluding carboxylic acids is 1. The quantitative estimate of drug-likeness (QED) is 0.902. The summed E-state index contributed by atoms with van der Waals surface area (Å²) in [6.07, 6.45) is 4.19. The maximum atomic E-state index is 12.2. The van der Waals surface area contributed by atoms with Gasteiger partial charge in [-0.15, -0.1) is 0 Å². The van der Waals surface area contributed by atoms with E-state index in [1.165, 1.54) is 0 Å². The van der Waals surface area contributed by atoms with Crippen LogP contribution in [0.15, 0.2) is 47.2 Å². The lowest BCUT2D eigenvalue weighted by molar-refractivity contribution is 0.102. The Morgan fingerprint density at radius 3 is 3.00 bits per heavy atom. The van der Waals surface area contributed by atoms with E-state index in [9.17, 15) is 4.79 Å². The Hall–Kier alpha value is -1.88. The summed E-state index contributed by atoms with van der Waals surface area (Å²) >= 11 is 3.34. The molecule has 1 aromatic heterocycles. The van der Waals surface area contributed by atoms with Gasteiger partial charge >= 0.3 is 0 Å². The van der Waals surface area contributed by atoms with Crippen molar-refractivity contribution < 1.29 is 9.53 Å². The van der Waals surface area contributed by atoms with Crippen LogP contribution in [-0.2, 0) is 0 Å². The van der Waals surface area contributed by atoms with Crippen LogP contribution in [0.2, 0.25) is 0 Å². The lowest BCUT2D eigenvalue weighted by Gasteiger charge is -2.09. The first-order valence-corrected chi connectivity index (χ1v) is 7.13. The van der Waals surface area contributed by atoms with Gasteiger partial charge in [0.05, 0.1) is 16.8 Å². The van der Waals surface area contributed by atoms with Crippen molar-refractivity contribution >= 4 is 27.5 Å². The third-order valence-corrected chi connectivity index (χ3v) is 3.22. The van der Waals surface area contributed by atoms with E-state index in [0.717, 1.165) is 10.9 Å². The highest BCUT2D eigenvalue weighted by Gasteiger charge is 2.09. The normalized spacial score (nSPS) is 10.1. The summed E-state index contributed by atoms with van der Waals surface area (Å²) in [7, 11) is 0. The number of benzene rings is 1. The maximum absolute atomic E-state index is 12.2. The van der Waals surface area contributed by atoms with Crippen molar-refractivity contribution in [1.82, 2.24) is 4.98 Å². The van der Waals surface area contributed by atoms with Gasteiger partial charge in [-0.1, -0.05) is 13.0 Å². The van der Waals surface area contributed by atoms with Crippen LogP contribution in [0.3, 0.4) is 0 Å². The van der Waals surface area contributed by atoms with Gasteiger partial charge < -0.3 is 10.1 Å². The van der Waals surface area contributed by atoms with Crippen LogP contribution in [0.1, 0.15) is 23.7 Å². The molecule has 0 spiro atoms. The first-order chi connectivity index (χ1) is 9.70. The zero-order chi connectivity index (χ0) is 14.4. The number of amides is 1. The monoisotopic (exact) mass is 334 g/mol. The minimum absolute atomic E-state index is 0.182. The van der Waals surface area contributed by atoms with E-state index in [0.29, 0.717) is 23.6 Å². The number of nitrogens with one attached hydrogen (secondary N) is 1. The second-order valence-electron chi connectivity index (χ2n) is 4.19. The highest BCUT2D eigenvalue weighted by Crippen LogP contribution is 2.21. The Balaban J connectivity index is 2.11. The average Bonchev–Trinajstić information content (AvgIpc) is 2.48. The molecule has 0 bridgehead atoms. The van der Waals surface area contributed by atoms with Crippen LogP contribution < -0.4 is 10.1 Å². The van der Waals surface area contributed by atoms with Gasteiger partial charge in [0.2, 0.25) is 0 Å². The Morgan fingerprint density at radius 2 is 2.25 bits per heavy atom. The third kappa shape index (κ3) is 3.81. The number of halogens is 1. The van der Waals surface area contributed by atoms with Crippen LogP contribution in [0.5, 0.6) is 5.75 Å². The largest absolute Gasteiger partial charge is 0.494 e. The van der Waals surface area contributed by atoms with Gasteiger partial charge in [-0.2, -0.15) is 0 Å². The molecule has 0 fully saturated rings. The highest BCUT2D eigenvalue weighted by atomic mass is 79.9. The molecule has 0 aliphatic rings. The Kier molecular flexibility index (Phi) is 5.12. The predicted molar refractivity (Wildman–Crippen MR) is 82.1 cm³/mol. The number of anilines is 1. The number of ether oxygens (including phenoxy) is 1. The van der Waals surface area contributed by atoms with E-state index in [2.05, 4.69) is 26.2 Å². The van der Waals surface area contributed by atoms with Gasteiger partial charge in [0, 0.05) is 18.0 Å². The third-order valence-electron chi connectivity index (χ3n) is 2.59. The molecular weight excluding hydrogens is 320 g/mol. The number of pyridine rings is 1. The molecule has 4 nitrogen and oxygen atoms in total. The first-order valence-electron chi connectivity index (χ1n) is 6.34. The minimum atomic E-state index is -0.182. The summed E-state index contributed by atoms with van der Waals surface area (Å²) in [4.78, 5) is 16.1. The molecule has 2 aromatic rings. The Bertz CT molecular complexity index is 602. The van der Waals surface area contributed by atoms with Crippen molar-refractivity contribution in [3.05, 3.63) is 52.8 Å². The molecule has 104 valence electrons. The van der Waals surface area contributed by atoms with E-state index in [1.807, 2.05) is 19.1 Å². The summed E-state index contributed by atoms with van der Waals surface area (Å²) in [5, 5.41) is 2.83. The molecule has 0 unspecified atom stereocenters. The molecule has 1 heterocycles. The van der Waals surface area contributed by atoms with Crippen molar-refractivity contribution in [3.63, 3.8) is 0 Å². The molecule has 5 heteroatoms. The van der Waals surface area contributed by atoms with Gasteiger partial charge in [-0.05, 0) is 46.6 Å². The molecule has 1 aromatic carbocycles. The van der Waals surface area contributed by atoms with Crippen molar-refractivity contribution in [2.24, 2.45) is 0 Å². The van der Waals surface area contributed by atoms with Gasteiger partial charge in [0.1, 0.15) is 5.75 Å². The first kappa shape index (κ1) is 14.5. The van der Waals surface area contributed by atoms with E-state index < -0.39 is 0 Å². The molecule has 0 atom stereocenters. The highest BCUT2D eigenvalue weighted by molar-refractivity contribution is 9.10. The van der Waals surface area contributed by atoms with Crippen LogP contribution >= 0.6 is 15.9 Å². The number of rotatable bonds is 5. The molecule has 0 aliphatic heterocycles. The molecule has 0 aliphatic carbocycles. The van der Waals surface area contributed by atoms with Gasteiger partial charge in [0.15, 0.2) is 0 Å². The van der Waals surface area contributed by atoms with E-state index in [1.54, 1.807) is 30.6 Å². The minimum Gasteiger partial charge on any atom is -0.494 e. The standard InChI is InChI=1S/C15H15BrN2O2/c1-2-8-20-12-5-3-4-11(9-12)15(19)18-14-6-7-17-10-13(14)16/h3-7,9-10H,2,8H2,1H3,(H,17,18,19). The maximum Gasteiger partial charge on any atom is 0.255 e. The summed E-state index contributed by atoms with van der Waals surface area (Å²) in [6.45, 7) is 2.68. The fourth-order valence-electron chi connectivity index (χ4n) is 1.62. The van der Waals surface area contributed by atoms with Crippen LogP contribution in [0.25, 0.3) is 0 Å². The zero-order valence-corrected chi connectivity index (χ0v) is 12.7. The molecule has 1 N–H and O–H groups in total. The SMILES string of the molecule is CCCOc1cccc(C(=O)Nc2ccncc2Br)c1. The van der Waals surface area contributed by atoms with E-state index in [-0.39, 0.29) is 5.91 Å². The topological polar surface area (TPSA) is 51.2 Å². The molecule has 0 saturated heterocycles. The van der Waals surface area contributed by atoms with Crippen LogP contribution in [0.4, 0.5) is 5.69 Å². The number of nitrogens with zero attached hydrogens (tertiary/aromatic N) is 1. The number of aromatic nitrogens is 1. The second kappa shape index (κ2) is 7.05. The Labute approximate surface area is 126 Å². The fraction of sp³-hybridized carbons (Fsp3) is 0.200. The van der Waals surface area contributed by atoms with E-state index in [4.69, 9.17) is 4.74 Å². The molecule has 2 rings (SSSR count). The smallest absolute Gasteiger partial charge is 0.255 e. The molecule has 20 heavy (non-hydrogen) atoms. The molecular formula is C15H15BrN2O2. The predicted octanol–water partition coefficient (Wildman–Crippen LogP) is 3.89. The zero-order valence-electron chi connectivity index (χ0n) is 11.1. The Morgan fingerprint density at radius 1 is 1.40 bits per heavy atom.